The number of hydrogen-bond donors (Lipinski definition) is 3. The van der Waals surface area contributed by atoms with Crippen LogP contribution in [-0.4, -0.2) is 46.1 Å². The molecular formula is C36H47N3O5. The van der Waals surface area contributed by atoms with Gasteiger partial charge in [-0.2, -0.15) is 0 Å². The number of anilines is 1. The predicted octanol–water partition coefficient (Wildman–Crippen LogP) is 7.07. The molecule has 0 saturated heterocycles. The summed E-state index contributed by atoms with van der Waals surface area (Å²) in [6.07, 6.45) is 0.860. The summed E-state index contributed by atoms with van der Waals surface area (Å²) >= 11 is 0. The summed E-state index contributed by atoms with van der Waals surface area (Å²) in [5.74, 6) is -0.638. The first-order valence-electron chi connectivity index (χ1n) is 15.2. The molecule has 44 heavy (non-hydrogen) atoms. The van der Waals surface area contributed by atoms with Gasteiger partial charge in [0.05, 0.1) is 0 Å². The topological polar surface area (TPSA) is 108 Å². The Hall–Kier alpha value is -4.33. The second-order valence-electron chi connectivity index (χ2n) is 12.4. The van der Waals surface area contributed by atoms with Crippen LogP contribution >= 0.6 is 0 Å². The zero-order valence-electron chi connectivity index (χ0n) is 27.3. The van der Waals surface area contributed by atoms with Crippen LogP contribution in [0.5, 0.6) is 5.75 Å². The number of hydrogen-bond acceptors (Lipinski definition) is 5. The highest BCUT2D eigenvalue weighted by atomic mass is 16.6. The van der Waals surface area contributed by atoms with Crippen LogP contribution in [0.2, 0.25) is 0 Å². The molecule has 8 heteroatoms. The Morgan fingerprint density at radius 3 is 2.07 bits per heavy atom. The van der Waals surface area contributed by atoms with E-state index in [0.29, 0.717) is 18.7 Å². The number of para-hydroxylation sites is 1. The van der Waals surface area contributed by atoms with E-state index in [1.807, 2.05) is 71.0 Å². The fourth-order valence-electron chi connectivity index (χ4n) is 5.14. The van der Waals surface area contributed by atoms with Crippen LogP contribution in [0.25, 0.3) is 0 Å². The molecule has 8 nitrogen and oxygen atoms in total. The lowest BCUT2D eigenvalue weighted by Gasteiger charge is -2.35. The number of phenols is 1. The molecule has 0 spiro atoms. The number of benzene rings is 3. The van der Waals surface area contributed by atoms with Gasteiger partial charge in [0, 0.05) is 18.7 Å². The third-order valence-corrected chi connectivity index (χ3v) is 7.63. The fourth-order valence-corrected chi connectivity index (χ4v) is 5.14. The summed E-state index contributed by atoms with van der Waals surface area (Å²) < 4.78 is 5.53. The Kier molecular flexibility index (Phi) is 11.6. The molecule has 3 amide bonds. The van der Waals surface area contributed by atoms with E-state index in [1.54, 1.807) is 37.8 Å². The summed E-state index contributed by atoms with van der Waals surface area (Å²) in [4.78, 5) is 43.6. The molecule has 0 aliphatic rings. The number of unbranched alkanes of at least 4 members (excludes halogenated alkanes) is 1. The Labute approximate surface area is 261 Å². The molecule has 3 aromatic carbocycles. The minimum absolute atomic E-state index is 0.0967. The number of aromatic hydroxyl groups is 1. The molecule has 3 N–H and O–H groups in total. The van der Waals surface area contributed by atoms with Gasteiger partial charge in [0.1, 0.15) is 23.4 Å². The molecular weight excluding hydrogens is 554 g/mol. The van der Waals surface area contributed by atoms with E-state index in [2.05, 4.69) is 10.6 Å². The van der Waals surface area contributed by atoms with E-state index < -0.39 is 29.7 Å². The van der Waals surface area contributed by atoms with Crippen molar-refractivity contribution < 1.29 is 24.2 Å². The van der Waals surface area contributed by atoms with Gasteiger partial charge >= 0.3 is 6.09 Å². The Balaban J connectivity index is 2.13. The second-order valence-corrected chi connectivity index (χ2v) is 12.4. The van der Waals surface area contributed by atoms with Crippen molar-refractivity contribution in [3.05, 3.63) is 94.0 Å². The Morgan fingerprint density at radius 1 is 0.886 bits per heavy atom. The van der Waals surface area contributed by atoms with Gasteiger partial charge in [-0.25, -0.2) is 4.79 Å². The molecule has 2 unspecified atom stereocenters. The number of carbonyl (C=O) groups excluding carboxylic acids is 3. The fraction of sp³-hybridized carbons (Fsp3) is 0.417. The first kappa shape index (κ1) is 34.2. The maximum absolute atomic E-state index is 14.6. The summed E-state index contributed by atoms with van der Waals surface area (Å²) in [6.45, 7) is 15.4. The number of nitrogens with one attached hydrogen (secondary N) is 2. The predicted molar refractivity (Wildman–Crippen MR) is 175 cm³/mol. The molecule has 0 heterocycles. The van der Waals surface area contributed by atoms with Crippen molar-refractivity contribution in [2.24, 2.45) is 0 Å². The molecule has 0 aliphatic carbocycles. The van der Waals surface area contributed by atoms with Gasteiger partial charge in [0.25, 0.3) is 5.91 Å². The SMILES string of the molecule is CCCCN(C(=O)C(Cc1ccc(O)cc1)NC(=O)OC(C)(C)C)C(C(=O)Nc1c(C)cccc1C)c1cccc(C)c1C. The van der Waals surface area contributed by atoms with Gasteiger partial charge in [-0.15, -0.1) is 0 Å². The van der Waals surface area contributed by atoms with Gasteiger partial charge in [-0.05, 0) is 100 Å². The molecule has 2 atom stereocenters. The Morgan fingerprint density at radius 2 is 1.48 bits per heavy atom. The van der Waals surface area contributed by atoms with Crippen LogP contribution in [-0.2, 0) is 20.7 Å². The van der Waals surface area contributed by atoms with Crippen LogP contribution in [0.3, 0.4) is 0 Å². The van der Waals surface area contributed by atoms with E-state index in [0.717, 1.165) is 39.8 Å². The van der Waals surface area contributed by atoms with Crippen LogP contribution in [0.15, 0.2) is 60.7 Å². The van der Waals surface area contributed by atoms with E-state index in [4.69, 9.17) is 4.74 Å². The average Bonchev–Trinajstić information content (AvgIpc) is 2.94. The van der Waals surface area contributed by atoms with Gasteiger partial charge in [0.15, 0.2) is 0 Å². The lowest BCUT2D eigenvalue weighted by molar-refractivity contribution is -0.140. The molecule has 0 radical (unpaired) electrons. The zero-order valence-corrected chi connectivity index (χ0v) is 27.3. The minimum Gasteiger partial charge on any atom is -0.508 e. The highest BCUT2D eigenvalue weighted by Crippen LogP contribution is 2.30. The van der Waals surface area contributed by atoms with E-state index in [9.17, 15) is 19.5 Å². The van der Waals surface area contributed by atoms with Gasteiger partial charge in [-0.1, -0.05) is 61.9 Å². The van der Waals surface area contributed by atoms with Gasteiger partial charge < -0.3 is 25.4 Å². The molecule has 0 aliphatic heterocycles. The normalized spacial score (nSPS) is 12.6. The summed E-state index contributed by atoms with van der Waals surface area (Å²) in [5.41, 5.74) is 5.15. The van der Waals surface area contributed by atoms with Crippen molar-refractivity contribution in [2.45, 2.75) is 92.3 Å². The van der Waals surface area contributed by atoms with E-state index >= 15 is 0 Å². The summed E-state index contributed by atoms with van der Waals surface area (Å²) in [7, 11) is 0. The summed E-state index contributed by atoms with van der Waals surface area (Å²) in [5, 5.41) is 15.7. The van der Waals surface area contributed by atoms with Crippen molar-refractivity contribution in [2.75, 3.05) is 11.9 Å². The van der Waals surface area contributed by atoms with Crippen molar-refractivity contribution in [3.8, 4) is 5.75 Å². The number of alkyl carbamates (subject to hydrolysis) is 1. The van der Waals surface area contributed by atoms with Crippen LogP contribution in [0.1, 0.15) is 80.0 Å². The van der Waals surface area contributed by atoms with Crippen molar-refractivity contribution >= 4 is 23.6 Å². The highest BCUT2D eigenvalue weighted by Gasteiger charge is 2.37. The average molecular weight is 602 g/mol. The zero-order chi connectivity index (χ0) is 32.6. The smallest absolute Gasteiger partial charge is 0.408 e. The van der Waals surface area contributed by atoms with Crippen LogP contribution in [0.4, 0.5) is 10.5 Å². The standard InChI is InChI=1S/C36H47N3O5/c1-9-10-21-39(34(42)30(37-35(43)44-36(6,7)8)22-27-17-19-28(40)20-18-27)32(29-16-12-13-23(2)26(29)5)33(41)38-31-24(3)14-11-15-25(31)4/h11-20,30,32,40H,9-10,21-22H2,1-8H3,(H,37,43)(H,38,41). The third-order valence-electron chi connectivity index (χ3n) is 7.63. The monoisotopic (exact) mass is 601 g/mol. The number of aryl methyl sites for hydroxylation is 3. The number of rotatable bonds is 11. The van der Waals surface area contributed by atoms with Crippen molar-refractivity contribution in [3.63, 3.8) is 0 Å². The molecule has 236 valence electrons. The molecule has 3 rings (SSSR count). The first-order valence-corrected chi connectivity index (χ1v) is 15.2. The Bertz CT molecular complexity index is 1440. The number of phenolic OH excluding ortho intramolecular Hbond substituents is 1. The van der Waals surface area contributed by atoms with E-state index in [1.165, 1.54) is 12.1 Å². The quantitative estimate of drug-likeness (QED) is 0.218. The van der Waals surface area contributed by atoms with E-state index in [-0.39, 0.29) is 18.1 Å². The summed E-state index contributed by atoms with van der Waals surface area (Å²) in [6, 6.07) is 16.1. The number of ether oxygens (including phenoxy) is 1. The van der Waals surface area contributed by atoms with Gasteiger partial charge in [0.2, 0.25) is 5.91 Å². The molecule has 0 fully saturated rings. The first-order chi connectivity index (χ1) is 20.7. The lowest BCUT2D eigenvalue weighted by Crippen LogP contribution is -2.53. The molecule has 3 aromatic rings. The maximum atomic E-state index is 14.6. The number of amides is 3. The van der Waals surface area contributed by atoms with Gasteiger partial charge in [-0.3, -0.25) is 9.59 Å². The highest BCUT2D eigenvalue weighted by molar-refractivity contribution is 6.00. The second kappa shape index (κ2) is 14.9. The maximum Gasteiger partial charge on any atom is 0.408 e. The molecule has 0 saturated carbocycles. The van der Waals surface area contributed by atoms with Crippen LogP contribution < -0.4 is 10.6 Å². The van der Waals surface area contributed by atoms with Crippen molar-refractivity contribution in [1.29, 1.82) is 0 Å². The minimum atomic E-state index is -1.04. The molecule has 0 bridgehead atoms. The molecule has 0 aromatic heterocycles. The largest absolute Gasteiger partial charge is 0.508 e. The van der Waals surface area contributed by atoms with Crippen LogP contribution in [0, 0.1) is 27.7 Å². The van der Waals surface area contributed by atoms with Crippen molar-refractivity contribution in [1.82, 2.24) is 10.2 Å². The third kappa shape index (κ3) is 9.09. The number of carbonyl (C=O) groups is 3. The number of nitrogens with zero attached hydrogens (tertiary/aromatic N) is 1. The lowest BCUT2D eigenvalue weighted by atomic mass is 9.94.